The second kappa shape index (κ2) is 7.84. The maximum atomic E-state index is 5.51. The molecule has 0 spiro atoms. The predicted molar refractivity (Wildman–Crippen MR) is 85.6 cm³/mol. The lowest BCUT2D eigenvalue weighted by molar-refractivity contribution is 0.340. The molecular formula is C17H25N3O. The van der Waals surface area contributed by atoms with Gasteiger partial charge in [-0.05, 0) is 57.5 Å². The predicted octanol–water partition coefficient (Wildman–Crippen LogP) is 3.08. The third-order valence-corrected chi connectivity index (χ3v) is 3.37. The van der Waals surface area contributed by atoms with E-state index >= 15 is 0 Å². The number of hydrogen-bond donors (Lipinski definition) is 1. The third kappa shape index (κ3) is 4.90. The van der Waals surface area contributed by atoms with Crippen LogP contribution in [0, 0.1) is 13.8 Å². The molecule has 1 aromatic carbocycles. The van der Waals surface area contributed by atoms with Crippen molar-refractivity contribution in [3.8, 4) is 5.75 Å². The van der Waals surface area contributed by atoms with Crippen molar-refractivity contribution >= 4 is 0 Å². The lowest BCUT2D eigenvalue weighted by Gasteiger charge is -2.08. The Morgan fingerprint density at radius 1 is 1.24 bits per heavy atom. The van der Waals surface area contributed by atoms with Crippen LogP contribution in [0.4, 0.5) is 0 Å². The van der Waals surface area contributed by atoms with Crippen LogP contribution in [0.25, 0.3) is 0 Å². The van der Waals surface area contributed by atoms with Crippen LogP contribution in [-0.4, -0.2) is 22.9 Å². The van der Waals surface area contributed by atoms with Gasteiger partial charge in [-0.1, -0.05) is 12.1 Å². The minimum Gasteiger partial charge on any atom is -0.494 e. The van der Waals surface area contributed by atoms with Gasteiger partial charge in [0, 0.05) is 18.8 Å². The first-order valence-corrected chi connectivity index (χ1v) is 7.62. The van der Waals surface area contributed by atoms with Gasteiger partial charge in [-0.3, -0.25) is 4.68 Å². The first-order chi connectivity index (χ1) is 10.2. The van der Waals surface area contributed by atoms with E-state index in [-0.39, 0.29) is 0 Å². The molecule has 21 heavy (non-hydrogen) atoms. The molecule has 0 radical (unpaired) electrons. The normalized spacial score (nSPS) is 10.8. The summed E-state index contributed by atoms with van der Waals surface area (Å²) in [6.07, 6.45) is 1.08. The standard InChI is InChI=1S/C17H25N3O/c1-4-21-17-8-5-7-16(12-17)13-18-9-6-10-20-15(3)11-14(2)19-20/h5,7-8,11-12,18H,4,6,9-10,13H2,1-3H3. The van der Waals surface area contributed by atoms with E-state index in [1.807, 2.05) is 26.0 Å². The van der Waals surface area contributed by atoms with Gasteiger partial charge in [0.05, 0.1) is 12.3 Å². The monoisotopic (exact) mass is 287 g/mol. The minimum atomic E-state index is 0.708. The number of ether oxygens (including phenoxy) is 1. The molecule has 0 saturated carbocycles. The number of nitrogens with zero attached hydrogens (tertiary/aromatic N) is 2. The minimum absolute atomic E-state index is 0.708. The molecule has 0 unspecified atom stereocenters. The zero-order valence-corrected chi connectivity index (χ0v) is 13.2. The lowest BCUT2D eigenvalue weighted by atomic mass is 10.2. The number of hydrogen-bond acceptors (Lipinski definition) is 3. The third-order valence-electron chi connectivity index (χ3n) is 3.37. The van der Waals surface area contributed by atoms with Crippen molar-refractivity contribution in [1.29, 1.82) is 0 Å². The van der Waals surface area contributed by atoms with Crippen molar-refractivity contribution in [3.63, 3.8) is 0 Å². The molecule has 0 aliphatic heterocycles. The molecular weight excluding hydrogens is 262 g/mol. The number of aryl methyl sites for hydroxylation is 3. The van der Waals surface area contributed by atoms with E-state index in [1.54, 1.807) is 0 Å². The van der Waals surface area contributed by atoms with Gasteiger partial charge < -0.3 is 10.1 Å². The summed E-state index contributed by atoms with van der Waals surface area (Å²) in [6, 6.07) is 10.4. The van der Waals surface area contributed by atoms with Crippen molar-refractivity contribution in [2.24, 2.45) is 0 Å². The second-order valence-corrected chi connectivity index (χ2v) is 5.26. The van der Waals surface area contributed by atoms with Gasteiger partial charge >= 0.3 is 0 Å². The van der Waals surface area contributed by atoms with Crippen LogP contribution in [0.3, 0.4) is 0 Å². The molecule has 2 rings (SSSR count). The first kappa shape index (κ1) is 15.6. The maximum absolute atomic E-state index is 5.51. The van der Waals surface area contributed by atoms with Crippen molar-refractivity contribution in [2.75, 3.05) is 13.2 Å². The molecule has 1 heterocycles. The summed E-state index contributed by atoms with van der Waals surface area (Å²) in [6.45, 7) is 9.67. The van der Waals surface area contributed by atoms with Crippen molar-refractivity contribution in [1.82, 2.24) is 15.1 Å². The Kier molecular flexibility index (Phi) is 5.81. The number of rotatable bonds is 8. The highest BCUT2D eigenvalue weighted by atomic mass is 16.5. The molecule has 4 heteroatoms. The lowest BCUT2D eigenvalue weighted by Crippen LogP contribution is -2.17. The Labute approximate surface area is 127 Å². The number of nitrogens with one attached hydrogen (secondary N) is 1. The summed E-state index contributed by atoms with van der Waals surface area (Å²) >= 11 is 0. The van der Waals surface area contributed by atoms with Gasteiger partial charge in [0.2, 0.25) is 0 Å². The fourth-order valence-corrected chi connectivity index (χ4v) is 2.40. The Morgan fingerprint density at radius 3 is 2.81 bits per heavy atom. The number of benzene rings is 1. The smallest absolute Gasteiger partial charge is 0.119 e. The summed E-state index contributed by atoms with van der Waals surface area (Å²) in [4.78, 5) is 0. The zero-order chi connectivity index (χ0) is 15.1. The molecule has 0 aliphatic rings. The van der Waals surface area contributed by atoms with Crippen LogP contribution >= 0.6 is 0 Å². The second-order valence-electron chi connectivity index (χ2n) is 5.26. The average Bonchev–Trinajstić information content (AvgIpc) is 2.77. The van der Waals surface area contributed by atoms with Crippen LogP contribution in [0.1, 0.15) is 30.3 Å². The quantitative estimate of drug-likeness (QED) is 0.758. The van der Waals surface area contributed by atoms with Crippen LogP contribution < -0.4 is 10.1 Å². The molecule has 0 atom stereocenters. The van der Waals surface area contributed by atoms with Gasteiger partial charge in [0.1, 0.15) is 5.75 Å². The molecule has 114 valence electrons. The molecule has 0 amide bonds. The molecule has 0 saturated heterocycles. The van der Waals surface area contributed by atoms with Gasteiger partial charge in [-0.15, -0.1) is 0 Å². The van der Waals surface area contributed by atoms with E-state index in [1.165, 1.54) is 11.3 Å². The highest BCUT2D eigenvalue weighted by Crippen LogP contribution is 2.13. The van der Waals surface area contributed by atoms with Crippen LogP contribution in [-0.2, 0) is 13.1 Å². The van der Waals surface area contributed by atoms with Crippen molar-refractivity contribution in [3.05, 3.63) is 47.3 Å². The van der Waals surface area contributed by atoms with E-state index in [0.717, 1.165) is 37.5 Å². The van der Waals surface area contributed by atoms with E-state index in [0.29, 0.717) is 6.61 Å². The summed E-state index contributed by atoms with van der Waals surface area (Å²) in [5.41, 5.74) is 3.58. The molecule has 2 aromatic rings. The number of aromatic nitrogens is 2. The van der Waals surface area contributed by atoms with Gasteiger partial charge in [0.25, 0.3) is 0 Å². The highest BCUT2D eigenvalue weighted by molar-refractivity contribution is 5.28. The van der Waals surface area contributed by atoms with E-state index in [2.05, 4.69) is 40.2 Å². The zero-order valence-electron chi connectivity index (χ0n) is 13.2. The van der Waals surface area contributed by atoms with E-state index in [9.17, 15) is 0 Å². The Bertz CT molecular complexity index is 563. The van der Waals surface area contributed by atoms with Crippen molar-refractivity contribution in [2.45, 2.75) is 40.3 Å². The Hall–Kier alpha value is -1.81. The molecule has 4 nitrogen and oxygen atoms in total. The van der Waals surface area contributed by atoms with Crippen molar-refractivity contribution < 1.29 is 4.74 Å². The van der Waals surface area contributed by atoms with Gasteiger partial charge in [-0.25, -0.2) is 0 Å². The average molecular weight is 287 g/mol. The fraction of sp³-hybridized carbons (Fsp3) is 0.471. The largest absolute Gasteiger partial charge is 0.494 e. The van der Waals surface area contributed by atoms with E-state index < -0.39 is 0 Å². The van der Waals surface area contributed by atoms with Crippen LogP contribution in [0.15, 0.2) is 30.3 Å². The summed E-state index contributed by atoms with van der Waals surface area (Å²) in [5.74, 6) is 0.944. The van der Waals surface area contributed by atoms with Gasteiger partial charge in [-0.2, -0.15) is 5.10 Å². The molecule has 0 aliphatic carbocycles. The summed E-state index contributed by atoms with van der Waals surface area (Å²) in [5, 5.41) is 7.94. The van der Waals surface area contributed by atoms with E-state index in [4.69, 9.17) is 4.74 Å². The SMILES string of the molecule is CCOc1cccc(CNCCCn2nc(C)cc2C)c1. The Morgan fingerprint density at radius 2 is 2.10 bits per heavy atom. The summed E-state index contributed by atoms with van der Waals surface area (Å²) < 4.78 is 7.58. The molecule has 0 bridgehead atoms. The first-order valence-electron chi connectivity index (χ1n) is 7.62. The van der Waals surface area contributed by atoms with Crippen LogP contribution in [0.2, 0.25) is 0 Å². The summed E-state index contributed by atoms with van der Waals surface area (Å²) in [7, 11) is 0. The molecule has 1 aromatic heterocycles. The van der Waals surface area contributed by atoms with Gasteiger partial charge in [0.15, 0.2) is 0 Å². The maximum Gasteiger partial charge on any atom is 0.119 e. The molecule has 0 fully saturated rings. The highest BCUT2D eigenvalue weighted by Gasteiger charge is 2.00. The fourth-order valence-electron chi connectivity index (χ4n) is 2.40. The topological polar surface area (TPSA) is 39.1 Å². The molecule has 1 N–H and O–H groups in total. The van der Waals surface area contributed by atoms with Crippen LogP contribution in [0.5, 0.6) is 5.75 Å². The Balaban J connectivity index is 1.70.